The average molecular weight is 286 g/mol. The van der Waals surface area contributed by atoms with Crippen LogP contribution < -0.4 is 5.32 Å². The van der Waals surface area contributed by atoms with Gasteiger partial charge in [-0.05, 0) is 24.6 Å². The van der Waals surface area contributed by atoms with E-state index in [4.69, 9.17) is 23.2 Å². The molecule has 0 radical (unpaired) electrons. The summed E-state index contributed by atoms with van der Waals surface area (Å²) in [6.45, 7) is 2.92. The largest absolute Gasteiger partial charge is 0.305 e. The monoisotopic (exact) mass is 285 g/mol. The van der Waals surface area contributed by atoms with Gasteiger partial charge in [0.1, 0.15) is 0 Å². The molecule has 0 bridgehead atoms. The molecule has 1 aromatic carbocycles. The molecule has 17 heavy (non-hydrogen) atoms. The van der Waals surface area contributed by atoms with Gasteiger partial charge < -0.3 is 5.32 Å². The Morgan fingerprint density at radius 2 is 2.06 bits per heavy atom. The van der Waals surface area contributed by atoms with Crippen LogP contribution in [0.25, 0.3) is 0 Å². The number of nitrogens with one attached hydrogen (secondary N) is 1. The molecule has 0 aliphatic heterocycles. The van der Waals surface area contributed by atoms with Crippen LogP contribution in [0.2, 0.25) is 10.0 Å². The van der Waals surface area contributed by atoms with Gasteiger partial charge in [-0.25, -0.2) is 0 Å². The molecule has 4 heteroatoms. The molecule has 0 unspecified atom stereocenters. The second-order valence-corrected chi connectivity index (χ2v) is 5.69. The van der Waals surface area contributed by atoms with Crippen LogP contribution in [0.5, 0.6) is 0 Å². The minimum absolute atomic E-state index is 0.226. The smallest absolute Gasteiger partial charge is 0.0516 e. The van der Waals surface area contributed by atoms with Crippen LogP contribution in [0.3, 0.4) is 0 Å². The van der Waals surface area contributed by atoms with Crippen molar-refractivity contribution in [1.82, 2.24) is 5.32 Å². The highest BCUT2D eigenvalue weighted by molar-refractivity contribution is 7.10. The van der Waals surface area contributed by atoms with Crippen LogP contribution in [0.1, 0.15) is 23.4 Å². The quantitative estimate of drug-likeness (QED) is 0.842. The molecule has 1 N–H and O–H groups in total. The van der Waals surface area contributed by atoms with Gasteiger partial charge in [-0.1, -0.05) is 41.4 Å². The molecule has 0 fully saturated rings. The van der Waals surface area contributed by atoms with E-state index in [-0.39, 0.29) is 6.04 Å². The minimum atomic E-state index is 0.226. The van der Waals surface area contributed by atoms with Crippen molar-refractivity contribution in [3.63, 3.8) is 0 Å². The summed E-state index contributed by atoms with van der Waals surface area (Å²) >= 11 is 13.7. The molecular formula is C13H13Cl2NS. The Bertz CT molecular complexity index is 496. The van der Waals surface area contributed by atoms with Gasteiger partial charge in [0, 0.05) is 27.9 Å². The average Bonchev–Trinajstić information content (AvgIpc) is 2.73. The lowest BCUT2D eigenvalue weighted by molar-refractivity contribution is 0.579. The SMILES string of the molecule is C[C@H](NCc1cc(Cl)cs1)c1ccccc1Cl. The lowest BCUT2D eigenvalue weighted by Gasteiger charge is -2.14. The lowest BCUT2D eigenvalue weighted by Crippen LogP contribution is -2.17. The van der Waals surface area contributed by atoms with Crippen LogP contribution in [0.15, 0.2) is 35.7 Å². The van der Waals surface area contributed by atoms with Crippen LogP contribution in [-0.4, -0.2) is 0 Å². The van der Waals surface area contributed by atoms with Gasteiger partial charge in [-0.2, -0.15) is 0 Å². The molecule has 0 aliphatic carbocycles. The van der Waals surface area contributed by atoms with E-state index in [1.165, 1.54) is 4.88 Å². The maximum absolute atomic E-state index is 6.15. The molecule has 0 saturated carbocycles. The summed E-state index contributed by atoms with van der Waals surface area (Å²) in [5.41, 5.74) is 1.12. The number of hydrogen-bond donors (Lipinski definition) is 1. The van der Waals surface area contributed by atoms with Crippen LogP contribution >= 0.6 is 34.5 Å². The summed E-state index contributed by atoms with van der Waals surface area (Å²) < 4.78 is 0. The fraction of sp³-hybridized carbons (Fsp3) is 0.231. The predicted octanol–water partition coefficient (Wildman–Crippen LogP) is 4.91. The first kappa shape index (κ1) is 12.9. The van der Waals surface area contributed by atoms with Crippen molar-refractivity contribution in [2.75, 3.05) is 0 Å². The van der Waals surface area contributed by atoms with Crippen molar-refractivity contribution in [2.45, 2.75) is 19.5 Å². The first-order chi connectivity index (χ1) is 8.16. The molecule has 1 heterocycles. The fourth-order valence-electron chi connectivity index (χ4n) is 1.64. The third kappa shape index (κ3) is 3.46. The van der Waals surface area contributed by atoms with Gasteiger partial charge >= 0.3 is 0 Å². The maximum atomic E-state index is 6.15. The number of thiophene rings is 1. The van der Waals surface area contributed by atoms with E-state index in [0.717, 1.165) is 22.2 Å². The van der Waals surface area contributed by atoms with Gasteiger partial charge in [-0.3, -0.25) is 0 Å². The molecule has 2 aromatic rings. The van der Waals surface area contributed by atoms with Gasteiger partial charge in [-0.15, -0.1) is 11.3 Å². The fourth-order valence-corrected chi connectivity index (χ4v) is 2.96. The predicted molar refractivity (Wildman–Crippen MR) is 76.0 cm³/mol. The molecule has 2 rings (SSSR count). The van der Waals surface area contributed by atoms with E-state index in [2.05, 4.69) is 12.2 Å². The van der Waals surface area contributed by atoms with Crippen molar-refractivity contribution in [3.8, 4) is 0 Å². The molecule has 0 amide bonds. The summed E-state index contributed by atoms with van der Waals surface area (Å²) in [7, 11) is 0. The Kier molecular flexibility index (Phi) is 4.46. The first-order valence-electron chi connectivity index (χ1n) is 5.37. The Balaban J connectivity index is 1.98. The van der Waals surface area contributed by atoms with E-state index in [9.17, 15) is 0 Å². The number of benzene rings is 1. The van der Waals surface area contributed by atoms with Crippen LogP contribution in [0.4, 0.5) is 0 Å². The van der Waals surface area contributed by atoms with E-state index in [1.54, 1.807) is 11.3 Å². The standard InChI is InChI=1S/C13H13Cl2NS/c1-9(12-4-2-3-5-13(12)15)16-7-11-6-10(14)8-17-11/h2-6,8-9,16H,7H2,1H3/t9-/m0/s1. The zero-order chi connectivity index (χ0) is 12.3. The number of hydrogen-bond acceptors (Lipinski definition) is 2. The summed E-state index contributed by atoms with van der Waals surface area (Å²) in [6, 6.07) is 10.1. The van der Waals surface area contributed by atoms with Crippen molar-refractivity contribution >= 4 is 34.5 Å². The highest BCUT2D eigenvalue weighted by atomic mass is 35.5. The second kappa shape index (κ2) is 5.87. The van der Waals surface area contributed by atoms with E-state index < -0.39 is 0 Å². The lowest BCUT2D eigenvalue weighted by atomic mass is 10.1. The third-order valence-electron chi connectivity index (χ3n) is 2.58. The van der Waals surface area contributed by atoms with Crippen molar-refractivity contribution in [2.24, 2.45) is 0 Å². The van der Waals surface area contributed by atoms with Gasteiger partial charge in [0.05, 0.1) is 5.02 Å². The minimum Gasteiger partial charge on any atom is -0.305 e. The Labute approximate surface area is 115 Å². The zero-order valence-corrected chi connectivity index (χ0v) is 11.7. The molecular weight excluding hydrogens is 273 g/mol. The zero-order valence-electron chi connectivity index (χ0n) is 9.41. The molecule has 0 saturated heterocycles. The highest BCUT2D eigenvalue weighted by Gasteiger charge is 2.08. The number of halogens is 2. The summed E-state index contributed by atoms with van der Waals surface area (Å²) in [5.74, 6) is 0. The normalized spacial score (nSPS) is 12.6. The Morgan fingerprint density at radius 3 is 2.71 bits per heavy atom. The molecule has 1 nitrogen and oxygen atoms in total. The molecule has 1 atom stereocenters. The van der Waals surface area contributed by atoms with E-state index in [0.29, 0.717) is 0 Å². The topological polar surface area (TPSA) is 12.0 Å². The van der Waals surface area contributed by atoms with Crippen LogP contribution in [0, 0.1) is 0 Å². The maximum Gasteiger partial charge on any atom is 0.0516 e. The summed E-state index contributed by atoms with van der Waals surface area (Å²) in [5, 5.41) is 6.99. The van der Waals surface area contributed by atoms with E-state index >= 15 is 0 Å². The summed E-state index contributed by atoms with van der Waals surface area (Å²) in [4.78, 5) is 1.23. The van der Waals surface area contributed by atoms with Crippen molar-refractivity contribution in [1.29, 1.82) is 0 Å². The van der Waals surface area contributed by atoms with Gasteiger partial charge in [0.2, 0.25) is 0 Å². The molecule has 0 aliphatic rings. The van der Waals surface area contributed by atoms with E-state index in [1.807, 2.05) is 35.7 Å². The van der Waals surface area contributed by atoms with Crippen molar-refractivity contribution < 1.29 is 0 Å². The highest BCUT2D eigenvalue weighted by Crippen LogP contribution is 2.24. The third-order valence-corrected chi connectivity index (χ3v) is 4.20. The second-order valence-electron chi connectivity index (χ2n) is 3.86. The Morgan fingerprint density at radius 1 is 1.29 bits per heavy atom. The molecule has 90 valence electrons. The number of rotatable bonds is 4. The molecule has 0 spiro atoms. The molecule has 1 aromatic heterocycles. The van der Waals surface area contributed by atoms with Crippen molar-refractivity contribution in [3.05, 3.63) is 56.2 Å². The first-order valence-corrected chi connectivity index (χ1v) is 7.01. The van der Waals surface area contributed by atoms with Crippen LogP contribution in [-0.2, 0) is 6.54 Å². The summed E-state index contributed by atoms with van der Waals surface area (Å²) in [6.07, 6.45) is 0. The van der Waals surface area contributed by atoms with Gasteiger partial charge in [0.15, 0.2) is 0 Å². The van der Waals surface area contributed by atoms with Gasteiger partial charge in [0.25, 0.3) is 0 Å². The Hall–Kier alpha value is -0.540.